The molecule has 4 rings (SSSR count). The van der Waals surface area contributed by atoms with Crippen LogP contribution >= 0.6 is 0 Å². The third-order valence-electron chi connectivity index (χ3n) is 6.33. The molecule has 1 N–H and O–H groups in total. The molecule has 0 bridgehead atoms. The first-order valence-corrected chi connectivity index (χ1v) is 11.1. The number of rotatable bonds is 6. The summed E-state index contributed by atoms with van der Waals surface area (Å²) >= 11 is 0. The van der Waals surface area contributed by atoms with Crippen LogP contribution in [-0.2, 0) is 17.8 Å². The van der Waals surface area contributed by atoms with Crippen molar-refractivity contribution in [1.29, 1.82) is 0 Å². The van der Waals surface area contributed by atoms with Gasteiger partial charge in [0, 0.05) is 25.2 Å². The van der Waals surface area contributed by atoms with Gasteiger partial charge in [0.2, 0.25) is 5.91 Å². The first-order chi connectivity index (χ1) is 15.9. The van der Waals surface area contributed by atoms with Crippen LogP contribution in [0, 0.1) is 17.0 Å². The van der Waals surface area contributed by atoms with Gasteiger partial charge >= 0.3 is 0 Å². The molecule has 0 spiro atoms. The van der Waals surface area contributed by atoms with Crippen molar-refractivity contribution in [2.45, 2.75) is 25.8 Å². The van der Waals surface area contributed by atoms with E-state index in [4.69, 9.17) is 0 Å². The first kappa shape index (κ1) is 22.6. The summed E-state index contributed by atoms with van der Waals surface area (Å²) in [6.45, 7) is 1.19. The third-order valence-corrected chi connectivity index (χ3v) is 6.33. The number of hydrogen-bond donors (Lipinski definition) is 1. The van der Waals surface area contributed by atoms with Gasteiger partial charge in [-0.25, -0.2) is 8.78 Å². The average molecular weight is 449 g/mol. The number of carbonyl (C=O) groups excluding carboxylic acids is 2. The van der Waals surface area contributed by atoms with Gasteiger partial charge in [0.05, 0.1) is 5.41 Å². The Kier molecular flexibility index (Phi) is 6.82. The summed E-state index contributed by atoms with van der Waals surface area (Å²) in [5, 5.41) is 3.02. The second kappa shape index (κ2) is 9.94. The van der Waals surface area contributed by atoms with Crippen molar-refractivity contribution in [3.05, 3.63) is 107 Å². The number of amides is 2. The highest BCUT2D eigenvalue weighted by molar-refractivity contribution is 5.94. The van der Waals surface area contributed by atoms with Crippen molar-refractivity contribution in [3.8, 4) is 0 Å². The first-order valence-electron chi connectivity index (χ1n) is 11.1. The molecular weight excluding hydrogens is 422 g/mol. The van der Waals surface area contributed by atoms with Gasteiger partial charge in [0.25, 0.3) is 5.91 Å². The maximum Gasteiger partial charge on any atom is 0.253 e. The summed E-state index contributed by atoms with van der Waals surface area (Å²) in [7, 11) is 0. The van der Waals surface area contributed by atoms with Crippen molar-refractivity contribution >= 4 is 11.8 Å². The Hall–Kier alpha value is -3.54. The smallest absolute Gasteiger partial charge is 0.253 e. The largest absolute Gasteiger partial charge is 0.352 e. The van der Waals surface area contributed by atoms with Gasteiger partial charge in [-0.3, -0.25) is 9.59 Å². The molecular formula is C27H26F2N2O2. The minimum Gasteiger partial charge on any atom is -0.352 e. The number of likely N-dealkylation sites (tertiary alicyclic amines) is 1. The minimum atomic E-state index is -0.652. The molecule has 1 aliphatic heterocycles. The van der Waals surface area contributed by atoms with E-state index in [2.05, 4.69) is 5.32 Å². The Labute approximate surface area is 192 Å². The van der Waals surface area contributed by atoms with Gasteiger partial charge in [0.15, 0.2) is 0 Å². The molecule has 0 aliphatic carbocycles. The molecule has 0 unspecified atom stereocenters. The molecule has 6 heteroatoms. The lowest BCUT2D eigenvalue weighted by atomic mass is 9.72. The van der Waals surface area contributed by atoms with Gasteiger partial charge < -0.3 is 10.2 Å². The van der Waals surface area contributed by atoms with Crippen LogP contribution in [0.25, 0.3) is 0 Å². The highest BCUT2D eigenvalue weighted by atomic mass is 19.1. The molecule has 1 aliphatic rings. The SMILES string of the molecule is O=C(c1ccc(F)cc1)N1CCC(Cc2ccccc2)(C(=O)NCc2ccc(F)cc2)CC1. The maximum atomic E-state index is 13.4. The monoisotopic (exact) mass is 448 g/mol. The van der Waals surface area contributed by atoms with Crippen molar-refractivity contribution in [2.75, 3.05) is 13.1 Å². The minimum absolute atomic E-state index is 0.0652. The Morgan fingerprint density at radius 1 is 0.788 bits per heavy atom. The van der Waals surface area contributed by atoms with Crippen LogP contribution in [0.3, 0.4) is 0 Å². The highest BCUT2D eigenvalue weighted by Gasteiger charge is 2.42. The highest BCUT2D eigenvalue weighted by Crippen LogP contribution is 2.36. The topological polar surface area (TPSA) is 49.4 Å². The molecule has 33 heavy (non-hydrogen) atoms. The van der Waals surface area contributed by atoms with Gasteiger partial charge in [-0.15, -0.1) is 0 Å². The van der Waals surface area contributed by atoms with Crippen molar-refractivity contribution < 1.29 is 18.4 Å². The second-order valence-electron chi connectivity index (χ2n) is 8.55. The molecule has 0 atom stereocenters. The van der Waals surface area contributed by atoms with E-state index in [1.807, 2.05) is 30.3 Å². The lowest BCUT2D eigenvalue weighted by molar-refractivity contribution is -0.133. The number of nitrogens with one attached hydrogen (secondary N) is 1. The maximum absolute atomic E-state index is 13.4. The van der Waals surface area contributed by atoms with Crippen LogP contribution < -0.4 is 5.32 Å². The zero-order chi connectivity index (χ0) is 23.3. The molecule has 3 aromatic carbocycles. The van der Waals surface area contributed by atoms with E-state index in [9.17, 15) is 18.4 Å². The lowest BCUT2D eigenvalue weighted by Gasteiger charge is -2.41. The van der Waals surface area contributed by atoms with Crippen LogP contribution in [0.2, 0.25) is 0 Å². The number of hydrogen-bond acceptors (Lipinski definition) is 2. The molecule has 1 saturated heterocycles. The van der Waals surface area contributed by atoms with E-state index in [-0.39, 0.29) is 23.4 Å². The fraction of sp³-hybridized carbons (Fsp3) is 0.259. The summed E-state index contributed by atoms with van der Waals surface area (Å²) in [6, 6.07) is 21.4. The summed E-state index contributed by atoms with van der Waals surface area (Å²) < 4.78 is 26.4. The number of carbonyl (C=O) groups is 2. The molecule has 170 valence electrons. The molecule has 3 aromatic rings. The van der Waals surface area contributed by atoms with Gasteiger partial charge in [-0.1, -0.05) is 42.5 Å². The molecule has 0 radical (unpaired) electrons. The normalized spacial score (nSPS) is 15.2. The Morgan fingerprint density at radius 2 is 1.36 bits per heavy atom. The van der Waals surface area contributed by atoms with E-state index in [1.165, 1.54) is 36.4 Å². The number of benzene rings is 3. The van der Waals surface area contributed by atoms with Crippen molar-refractivity contribution in [1.82, 2.24) is 10.2 Å². The van der Waals surface area contributed by atoms with E-state index >= 15 is 0 Å². The Balaban J connectivity index is 1.48. The molecule has 0 saturated carbocycles. The Morgan fingerprint density at radius 3 is 1.97 bits per heavy atom. The number of halogens is 2. The lowest BCUT2D eigenvalue weighted by Crippen LogP contribution is -2.51. The van der Waals surface area contributed by atoms with Crippen molar-refractivity contribution in [2.24, 2.45) is 5.41 Å². The summed E-state index contributed by atoms with van der Waals surface area (Å²) in [5.41, 5.74) is 1.67. The van der Waals surface area contributed by atoms with Crippen LogP contribution in [0.15, 0.2) is 78.9 Å². The van der Waals surface area contributed by atoms with E-state index < -0.39 is 5.41 Å². The molecule has 4 nitrogen and oxygen atoms in total. The third kappa shape index (κ3) is 5.45. The van der Waals surface area contributed by atoms with Crippen LogP contribution in [0.5, 0.6) is 0 Å². The van der Waals surface area contributed by atoms with E-state index in [0.717, 1.165) is 11.1 Å². The van der Waals surface area contributed by atoms with Gasteiger partial charge in [-0.2, -0.15) is 0 Å². The predicted molar refractivity (Wildman–Crippen MR) is 122 cm³/mol. The van der Waals surface area contributed by atoms with Gasteiger partial charge in [0.1, 0.15) is 11.6 Å². The second-order valence-corrected chi connectivity index (χ2v) is 8.55. The molecule has 1 heterocycles. The standard InChI is InChI=1S/C27H26F2N2O2/c28-23-10-6-21(7-11-23)19-30-26(33)27(18-20-4-2-1-3-5-20)14-16-31(17-15-27)25(32)22-8-12-24(29)13-9-22/h1-13H,14-19H2,(H,30,33). The van der Waals surface area contributed by atoms with E-state index in [1.54, 1.807) is 17.0 Å². The fourth-order valence-electron chi connectivity index (χ4n) is 4.36. The average Bonchev–Trinajstić information content (AvgIpc) is 2.84. The summed E-state index contributed by atoms with van der Waals surface area (Å²) in [5.74, 6) is -0.923. The zero-order valence-corrected chi connectivity index (χ0v) is 18.3. The summed E-state index contributed by atoms with van der Waals surface area (Å²) in [4.78, 5) is 28.0. The van der Waals surface area contributed by atoms with Gasteiger partial charge in [-0.05, 0) is 66.8 Å². The van der Waals surface area contributed by atoms with Crippen molar-refractivity contribution in [3.63, 3.8) is 0 Å². The molecule has 2 amide bonds. The van der Waals surface area contributed by atoms with Crippen LogP contribution in [-0.4, -0.2) is 29.8 Å². The van der Waals surface area contributed by atoms with Crippen LogP contribution in [0.1, 0.15) is 34.3 Å². The van der Waals surface area contributed by atoms with Crippen LogP contribution in [0.4, 0.5) is 8.78 Å². The Bertz CT molecular complexity index is 1090. The van der Waals surface area contributed by atoms with E-state index in [0.29, 0.717) is 44.5 Å². The zero-order valence-electron chi connectivity index (χ0n) is 18.3. The number of piperidine rings is 1. The number of nitrogens with zero attached hydrogens (tertiary/aromatic N) is 1. The molecule has 0 aromatic heterocycles. The fourth-order valence-corrected chi connectivity index (χ4v) is 4.36. The summed E-state index contributed by atoms with van der Waals surface area (Å²) in [6.07, 6.45) is 1.61. The molecule has 1 fully saturated rings. The predicted octanol–water partition coefficient (Wildman–Crippen LogP) is 4.75. The quantitative estimate of drug-likeness (QED) is 0.592.